The van der Waals surface area contributed by atoms with Gasteiger partial charge in [-0.1, -0.05) is 34.3 Å². The van der Waals surface area contributed by atoms with Crippen LogP contribution in [-0.2, 0) is 9.53 Å². The van der Waals surface area contributed by atoms with Gasteiger partial charge in [0.05, 0.1) is 0 Å². The van der Waals surface area contributed by atoms with Crippen molar-refractivity contribution in [1.82, 2.24) is 0 Å². The van der Waals surface area contributed by atoms with E-state index in [-0.39, 0.29) is 5.97 Å². The average Bonchev–Trinajstić information content (AvgIpc) is 2.02. The molecule has 0 aromatic heterocycles. The van der Waals surface area contributed by atoms with E-state index in [1.165, 1.54) is 0 Å². The second kappa shape index (κ2) is 4.63. The summed E-state index contributed by atoms with van der Waals surface area (Å²) in [6.45, 7) is 15.5. The van der Waals surface area contributed by atoms with E-state index in [0.717, 1.165) is 0 Å². The number of carbonyl (C=O) groups is 1. The molecule has 0 heterocycles. The fourth-order valence-corrected chi connectivity index (χ4v) is 1.19. The smallest absolute Gasteiger partial charge is 0.333 e. The van der Waals surface area contributed by atoms with Crippen LogP contribution in [0.15, 0.2) is 12.2 Å². The Morgan fingerprint density at radius 3 is 1.79 bits per heavy atom. The minimum Gasteiger partial charge on any atom is -0.455 e. The zero-order chi connectivity index (χ0) is 11.5. The Morgan fingerprint density at radius 2 is 1.57 bits per heavy atom. The molecule has 0 saturated carbocycles. The van der Waals surface area contributed by atoms with Crippen molar-refractivity contribution in [3.05, 3.63) is 12.2 Å². The summed E-state index contributed by atoms with van der Waals surface area (Å²) in [6.07, 6.45) is 0. The van der Waals surface area contributed by atoms with Gasteiger partial charge in [0.2, 0.25) is 0 Å². The number of ether oxygens (including phenoxy) is 1. The lowest BCUT2D eigenvalue weighted by atomic mass is 9.82. The van der Waals surface area contributed by atoms with Crippen molar-refractivity contribution in [2.24, 2.45) is 11.8 Å². The number of rotatable bonds is 4. The Hall–Kier alpha value is -0.790. The third kappa shape index (κ3) is 2.86. The lowest BCUT2D eigenvalue weighted by molar-refractivity contribution is -0.163. The fourth-order valence-electron chi connectivity index (χ4n) is 1.19. The van der Waals surface area contributed by atoms with Crippen LogP contribution in [-0.4, -0.2) is 11.6 Å². The quantitative estimate of drug-likeness (QED) is 0.512. The predicted octanol–water partition coefficient (Wildman–Crippen LogP) is 3.18. The Morgan fingerprint density at radius 1 is 1.21 bits per heavy atom. The SMILES string of the molecule is C=C(C)C(=O)OC(C)(C(C)C)C(C)C. The molecule has 0 N–H and O–H groups in total. The Kier molecular flexibility index (Phi) is 4.37. The molecule has 0 aliphatic heterocycles. The van der Waals surface area contributed by atoms with E-state index in [4.69, 9.17) is 4.74 Å². The summed E-state index contributed by atoms with van der Waals surface area (Å²) in [5.41, 5.74) is 0.0493. The molecule has 0 bridgehead atoms. The van der Waals surface area contributed by atoms with Gasteiger partial charge in [0.25, 0.3) is 0 Å². The second-order valence-corrected chi connectivity index (χ2v) is 4.66. The van der Waals surface area contributed by atoms with Gasteiger partial charge in [-0.2, -0.15) is 0 Å². The zero-order valence-electron chi connectivity index (χ0n) is 10.2. The molecule has 0 unspecified atom stereocenters. The molecule has 0 aromatic rings. The fraction of sp³-hybridized carbons (Fsp3) is 0.750. The first-order chi connectivity index (χ1) is 6.21. The maximum atomic E-state index is 11.4. The molecule has 0 aliphatic rings. The van der Waals surface area contributed by atoms with Crippen molar-refractivity contribution in [3.8, 4) is 0 Å². The van der Waals surface area contributed by atoms with Gasteiger partial charge in [-0.3, -0.25) is 0 Å². The molecule has 2 nitrogen and oxygen atoms in total. The Labute approximate surface area is 87.3 Å². The van der Waals surface area contributed by atoms with E-state index in [9.17, 15) is 4.79 Å². The topological polar surface area (TPSA) is 26.3 Å². The highest BCUT2D eigenvalue weighted by molar-refractivity contribution is 5.87. The van der Waals surface area contributed by atoms with Crippen LogP contribution in [0.25, 0.3) is 0 Å². The van der Waals surface area contributed by atoms with Crippen molar-refractivity contribution in [2.45, 2.75) is 47.1 Å². The summed E-state index contributed by atoms with van der Waals surface area (Å²) in [4.78, 5) is 11.4. The van der Waals surface area contributed by atoms with Gasteiger partial charge >= 0.3 is 5.97 Å². The number of hydrogen-bond acceptors (Lipinski definition) is 2. The molecule has 0 spiro atoms. The maximum Gasteiger partial charge on any atom is 0.333 e. The monoisotopic (exact) mass is 198 g/mol. The Bertz CT molecular complexity index is 218. The minimum absolute atomic E-state index is 0.296. The molecule has 0 rings (SSSR count). The maximum absolute atomic E-state index is 11.4. The average molecular weight is 198 g/mol. The van der Waals surface area contributed by atoms with Gasteiger partial charge in [0.1, 0.15) is 5.60 Å². The van der Waals surface area contributed by atoms with E-state index in [1.54, 1.807) is 6.92 Å². The van der Waals surface area contributed by atoms with Crippen LogP contribution in [0.4, 0.5) is 0 Å². The highest BCUT2D eigenvalue weighted by Gasteiger charge is 2.36. The highest BCUT2D eigenvalue weighted by atomic mass is 16.6. The summed E-state index contributed by atoms with van der Waals surface area (Å²) < 4.78 is 5.48. The third-order valence-electron chi connectivity index (χ3n) is 2.95. The van der Waals surface area contributed by atoms with Crippen LogP contribution >= 0.6 is 0 Å². The molecule has 82 valence electrons. The van der Waals surface area contributed by atoms with Gasteiger partial charge in [0, 0.05) is 5.57 Å². The predicted molar refractivity (Wildman–Crippen MR) is 59.0 cm³/mol. The molecular weight excluding hydrogens is 176 g/mol. The van der Waals surface area contributed by atoms with Crippen LogP contribution in [0.1, 0.15) is 41.5 Å². The van der Waals surface area contributed by atoms with Crippen molar-refractivity contribution in [3.63, 3.8) is 0 Å². The zero-order valence-corrected chi connectivity index (χ0v) is 10.2. The van der Waals surface area contributed by atoms with Crippen LogP contribution in [0, 0.1) is 11.8 Å². The van der Waals surface area contributed by atoms with Crippen molar-refractivity contribution >= 4 is 5.97 Å². The first-order valence-corrected chi connectivity index (χ1v) is 5.10. The van der Waals surface area contributed by atoms with Gasteiger partial charge in [-0.05, 0) is 25.7 Å². The van der Waals surface area contributed by atoms with Crippen molar-refractivity contribution < 1.29 is 9.53 Å². The van der Waals surface area contributed by atoms with Crippen LogP contribution in [0.5, 0.6) is 0 Å². The largest absolute Gasteiger partial charge is 0.455 e. The van der Waals surface area contributed by atoms with E-state index in [2.05, 4.69) is 34.3 Å². The first kappa shape index (κ1) is 13.2. The Balaban J connectivity index is 4.70. The summed E-state index contributed by atoms with van der Waals surface area (Å²) in [5, 5.41) is 0. The second-order valence-electron chi connectivity index (χ2n) is 4.66. The molecule has 0 aliphatic carbocycles. The summed E-state index contributed by atoms with van der Waals surface area (Å²) in [5.74, 6) is 0.298. The van der Waals surface area contributed by atoms with E-state index in [0.29, 0.717) is 17.4 Å². The molecule has 0 saturated heterocycles. The molecule has 14 heavy (non-hydrogen) atoms. The molecule has 2 heteroatoms. The van der Waals surface area contributed by atoms with E-state index >= 15 is 0 Å². The van der Waals surface area contributed by atoms with Crippen LogP contribution < -0.4 is 0 Å². The lowest BCUT2D eigenvalue weighted by Crippen LogP contribution is -2.42. The van der Waals surface area contributed by atoms with Gasteiger partial charge in [-0.15, -0.1) is 0 Å². The van der Waals surface area contributed by atoms with Crippen LogP contribution in [0.3, 0.4) is 0 Å². The molecule has 0 radical (unpaired) electrons. The normalized spacial score (nSPS) is 12.0. The summed E-state index contributed by atoms with van der Waals surface area (Å²) in [6, 6.07) is 0. The molecule has 0 amide bonds. The van der Waals surface area contributed by atoms with Gasteiger partial charge in [0.15, 0.2) is 0 Å². The molecule has 0 aromatic carbocycles. The first-order valence-electron chi connectivity index (χ1n) is 5.10. The molecule has 0 fully saturated rings. The van der Waals surface area contributed by atoms with Crippen molar-refractivity contribution in [1.29, 1.82) is 0 Å². The summed E-state index contributed by atoms with van der Waals surface area (Å²) >= 11 is 0. The van der Waals surface area contributed by atoms with Crippen molar-refractivity contribution in [2.75, 3.05) is 0 Å². The van der Waals surface area contributed by atoms with E-state index in [1.807, 2.05) is 6.92 Å². The van der Waals surface area contributed by atoms with Gasteiger partial charge < -0.3 is 4.74 Å². The number of hydrogen-bond donors (Lipinski definition) is 0. The third-order valence-corrected chi connectivity index (χ3v) is 2.95. The highest BCUT2D eigenvalue weighted by Crippen LogP contribution is 2.30. The summed E-state index contributed by atoms with van der Waals surface area (Å²) in [7, 11) is 0. The van der Waals surface area contributed by atoms with E-state index < -0.39 is 5.60 Å². The lowest BCUT2D eigenvalue weighted by Gasteiger charge is -2.37. The molecule has 0 atom stereocenters. The van der Waals surface area contributed by atoms with Gasteiger partial charge in [-0.25, -0.2) is 4.79 Å². The van der Waals surface area contributed by atoms with Crippen LogP contribution in [0.2, 0.25) is 0 Å². The number of carbonyl (C=O) groups excluding carboxylic acids is 1. The molecular formula is C12H22O2. The standard InChI is InChI=1S/C12H22O2/c1-8(2)11(13)14-12(7,9(3)4)10(5)6/h9-10H,1H2,2-7H3. The number of esters is 1. The minimum atomic E-state index is -0.407.